The summed E-state index contributed by atoms with van der Waals surface area (Å²) in [6.07, 6.45) is 0. The molecule has 0 bridgehead atoms. The highest BCUT2D eigenvalue weighted by Crippen LogP contribution is 2.19. The van der Waals surface area contributed by atoms with Gasteiger partial charge in [-0.25, -0.2) is 4.99 Å². The monoisotopic (exact) mass is 496 g/mol. The topological polar surface area (TPSA) is 48.9 Å². The molecule has 5 nitrogen and oxygen atoms in total. The number of guanidine groups is 1. The second-order valence-corrected chi connectivity index (χ2v) is 6.92. The molecule has 28 heavy (non-hydrogen) atoms. The van der Waals surface area contributed by atoms with Crippen LogP contribution in [0.5, 0.6) is 5.75 Å². The summed E-state index contributed by atoms with van der Waals surface area (Å²) in [5.41, 5.74) is 4.81. The molecule has 0 aliphatic carbocycles. The van der Waals surface area contributed by atoms with E-state index in [-0.39, 0.29) is 24.0 Å². The maximum atomic E-state index is 5.48. The lowest BCUT2D eigenvalue weighted by Gasteiger charge is -2.14. The Balaban J connectivity index is 0.00000392. The Bertz CT molecular complexity index is 745. The van der Waals surface area contributed by atoms with Crippen LogP contribution >= 0.6 is 24.0 Å². The van der Waals surface area contributed by atoms with Crippen LogP contribution in [-0.2, 0) is 19.6 Å². The number of hydrogen-bond donors (Lipinski definition) is 2. The summed E-state index contributed by atoms with van der Waals surface area (Å²) in [6, 6.07) is 14.9. The molecule has 2 rings (SSSR count). The number of ether oxygens (including phenoxy) is 1. The number of aliphatic imine (C=N–C) groups is 1. The molecule has 0 saturated heterocycles. The molecule has 0 saturated carbocycles. The molecule has 0 radical (unpaired) electrons. The van der Waals surface area contributed by atoms with Gasteiger partial charge in [0.15, 0.2) is 5.96 Å². The predicted octanol–water partition coefficient (Wildman–Crippen LogP) is 3.94. The lowest BCUT2D eigenvalue weighted by molar-refractivity contribution is 0.402. The van der Waals surface area contributed by atoms with Gasteiger partial charge >= 0.3 is 0 Å². The first-order valence-corrected chi connectivity index (χ1v) is 9.40. The predicted molar refractivity (Wildman–Crippen MR) is 129 cm³/mol. The van der Waals surface area contributed by atoms with Gasteiger partial charge in [0.2, 0.25) is 0 Å². The molecule has 154 valence electrons. The summed E-state index contributed by atoms with van der Waals surface area (Å²) >= 11 is 0. The molecule has 2 N–H and O–H groups in total. The van der Waals surface area contributed by atoms with Gasteiger partial charge in [-0.3, -0.25) is 0 Å². The average Bonchev–Trinajstić information content (AvgIpc) is 2.65. The van der Waals surface area contributed by atoms with Crippen molar-refractivity contribution in [2.45, 2.75) is 33.5 Å². The van der Waals surface area contributed by atoms with Gasteiger partial charge in [0, 0.05) is 25.2 Å². The van der Waals surface area contributed by atoms with Crippen molar-refractivity contribution in [2.75, 3.05) is 27.7 Å². The van der Waals surface area contributed by atoms with Gasteiger partial charge in [-0.1, -0.05) is 36.4 Å². The van der Waals surface area contributed by atoms with Gasteiger partial charge in [0.1, 0.15) is 5.75 Å². The number of benzene rings is 2. The Kier molecular flexibility index (Phi) is 10.9. The Labute approximate surface area is 186 Å². The highest BCUT2D eigenvalue weighted by Gasteiger charge is 2.05. The van der Waals surface area contributed by atoms with Crippen molar-refractivity contribution in [3.63, 3.8) is 0 Å². The third kappa shape index (κ3) is 8.06. The first-order chi connectivity index (χ1) is 13.0. The molecule has 0 heterocycles. The molecular weight excluding hydrogens is 463 g/mol. The van der Waals surface area contributed by atoms with E-state index in [1.165, 1.54) is 16.7 Å². The van der Waals surface area contributed by atoms with Crippen molar-refractivity contribution in [3.8, 4) is 5.75 Å². The quantitative estimate of drug-likeness (QED) is 0.330. The molecule has 2 aromatic rings. The van der Waals surface area contributed by atoms with E-state index >= 15 is 0 Å². The lowest BCUT2D eigenvalue weighted by atomic mass is 10.1. The normalized spacial score (nSPS) is 11.1. The number of nitrogens with one attached hydrogen (secondary N) is 2. The molecule has 0 fully saturated rings. The number of rotatable bonds is 8. The third-order valence-electron chi connectivity index (χ3n) is 4.17. The van der Waals surface area contributed by atoms with Crippen molar-refractivity contribution in [2.24, 2.45) is 4.99 Å². The van der Waals surface area contributed by atoms with E-state index in [9.17, 15) is 0 Å². The zero-order valence-corrected chi connectivity index (χ0v) is 19.9. The van der Waals surface area contributed by atoms with E-state index in [1.807, 2.05) is 0 Å². The molecular formula is C22H33IN4O. The van der Waals surface area contributed by atoms with Crippen LogP contribution in [0.4, 0.5) is 0 Å². The van der Waals surface area contributed by atoms with Crippen molar-refractivity contribution in [3.05, 3.63) is 64.7 Å². The molecule has 0 atom stereocenters. The number of nitrogens with zero attached hydrogens (tertiary/aromatic N) is 2. The summed E-state index contributed by atoms with van der Waals surface area (Å²) in [6.45, 7) is 7.21. The van der Waals surface area contributed by atoms with Crippen LogP contribution in [0, 0.1) is 6.92 Å². The molecule has 2 aromatic carbocycles. The Morgan fingerprint density at radius 2 is 1.71 bits per heavy atom. The third-order valence-corrected chi connectivity index (χ3v) is 4.17. The van der Waals surface area contributed by atoms with E-state index in [2.05, 4.69) is 85.9 Å². The molecule has 0 unspecified atom stereocenters. The van der Waals surface area contributed by atoms with Gasteiger partial charge < -0.3 is 20.3 Å². The summed E-state index contributed by atoms with van der Waals surface area (Å²) in [5, 5.41) is 6.69. The van der Waals surface area contributed by atoms with E-state index in [0.29, 0.717) is 13.1 Å². The molecule has 0 aliphatic heterocycles. The van der Waals surface area contributed by atoms with Gasteiger partial charge in [0.05, 0.1) is 13.7 Å². The summed E-state index contributed by atoms with van der Waals surface area (Å²) in [5.74, 6) is 1.70. The standard InChI is InChI=1S/C22H32N4O.HI/c1-6-23-22(25-15-20-12-7-17(2)13-21(20)27-5)24-14-18-8-10-19(11-9-18)16-26(3)4;/h7-13H,6,14-16H2,1-5H3,(H2,23,24,25);1H. The number of aryl methyl sites for hydroxylation is 1. The van der Waals surface area contributed by atoms with Crippen LogP contribution in [0.2, 0.25) is 0 Å². The van der Waals surface area contributed by atoms with E-state index in [0.717, 1.165) is 30.4 Å². The molecule has 0 spiro atoms. The number of halogens is 1. The Morgan fingerprint density at radius 1 is 1.04 bits per heavy atom. The number of hydrogen-bond acceptors (Lipinski definition) is 3. The molecule has 0 amide bonds. The van der Waals surface area contributed by atoms with E-state index in [4.69, 9.17) is 9.73 Å². The fourth-order valence-corrected chi connectivity index (χ4v) is 2.80. The lowest BCUT2D eigenvalue weighted by Crippen LogP contribution is -2.36. The second-order valence-electron chi connectivity index (χ2n) is 6.92. The summed E-state index contributed by atoms with van der Waals surface area (Å²) in [7, 11) is 5.86. The molecule has 0 aromatic heterocycles. The average molecular weight is 496 g/mol. The van der Waals surface area contributed by atoms with Crippen LogP contribution in [0.1, 0.15) is 29.2 Å². The van der Waals surface area contributed by atoms with Gasteiger partial charge in [-0.2, -0.15) is 0 Å². The highest BCUT2D eigenvalue weighted by atomic mass is 127. The zero-order valence-electron chi connectivity index (χ0n) is 17.6. The fraction of sp³-hybridized carbons (Fsp3) is 0.409. The van der Waals surface area contributed by atoms with Crippen LogP contribution < -0.4 is 15.4 Å². The maximum absolute atomic E-state index is 5.48. The minimum Gasteiger partial charge on any atom is -0.496 e. The van der Waals surface area contributed by atoms with Crippen LogP contribution in [0.3, 0.4) is 0 Å². The zero-order chi connectivity index (χ0) is 19.6. The van der Waals surface area contributed by atoms with Crippen LogP contribution in [0.15, 0.2) is 47.5 Å². The van der Waals surface area contributed by atoms with Crippen molar-refractivity contribution in [1.82, 2.24) is 15.5 Å². The largest absolute Gasteiger partial charge is 0.496 e. The van der Waals surface area contributed by atoms with Crippen LogP contribution in [0.25, 0.3) is 0 Å². The molecule has 6 heteroatoms. The van der Waals surface area contributed by atoms with Gasteiger partial charge in [0.25, 0.3) is 0 Å². The summed E-state index contributed by atoms with van der Waals surface area (Å²) < 4.78 is 5.48. The second kappa shape index (κ2) is 12.6. The van der Waals surface area contributed by atoms with E-state index in [1.54, 1.807) is 7.11 Å². The number of methoxy groups -OCH3 is 1. The van der Waals surface area contributed by atoms with Crippen molar-refractivity contribution >= 4 is 29.9 Å². The van der Waals surface area contributed by atoms with Crippen molar-refractivity contribution < 1.29 is 4.74 Å². The fourth-order valence-electron chi connectivity index (χ4n) is 2.80. The minimum absolute atomic E-state index is 0. The highest BCUT2D eigenvalue weighted by molar-refractivity contribution is 14.0. The van der Waals surface area contributed by atoms with Gasteiger partial charge in [-0.15, -0.1) is 24.0 Å². The van der Waals surface area contributed by atoms with Crippen molar-refractivity contribution in [1.29, 1.82) is 0 Å². The smallest absolute Gasteiger partial charge is 0.191 e. The Hall–Kier alpha value is -1.80. The molecule has 0 aliphatic rings. The van der Waals surface area contributed by atoms with Gasteiger partial charge in [-0.05, 0) is 50.7 Å². The van der Waals surface area contributed by atoms with E-state index < -0.39 is 0 Å². The first kappa shape index (κ1) is 24.2. The first-order valence-electron chi connectivity index (χ1n) is 9.40. The minimum atomic E-state index is 0. The SMILES string of the molecule is CCNC(=NCc1ccc(CN(C)C)cc1)NCc1ccc(C)cc1OC.I. The maximum Gasteiger partial charge on any atom is 0.191 e. The Morgan fingerprint density at radius 3 is 2.32 bits per heavy atom. The summed E-state index contributed by atoms with van der Waals surface area (Å²) in [4.78, 5) is 6.87. The van der Waals surface area contributed by atoms with Crippen LogP contribution in [-0.4, -0.2) is 38.6 Å².